The minimum Gasteiger partial charge on any atom is -0.386 e. The Hall–Kier alpha value is -1.46. The van der Waals surface area contributed by atoms with Gasteiger partial charge in [-0.05, 0) is 46.6 Å². The minimum atomic E-state index is -1.05. The van der Waals surface area contributed by atoms with Crippen molar-refractivity contribution in [2.45, 2.75) is 13.0 Å². The van der Waals surface area contributed by atoms with E-state index in [0.717, 1.165) is 27.9 Å². The highest BCUT2D eigenvalue weighted by Gasteiger charge is 2.13. The van der Waals surface area contributed by atoms with Crippen molar-refractivity contribution in [3.63, 3.8) is 0 Å². The Labute approximate surface area is 124 Å². The lowest BCUT2D eigenvalue weighted by atomic mass is 10.1. The molecule has 0 radical (unpaired) electrons. The van der Waals surface area contributed by atoms with Crippen LogP contribution in [0.3, 0.4) is 0 Å². The molecular weight excluding hydrogens is 328 g/mol. The first kappa shape index (κ1) is 14.9. The smallest absolute Gasteiger partial charge is 0.131 e. The zero-order chi connectivity index (χ0) is 14.7. The van der Waals surface area contributed by atoms with E-state index in [9.17, 15) is 13.9 Å². The van der Waals surface area contributed by atoms with Crippen LogP contribution in [0.2, 0.25) is 0 Å². The van der Waals surface area contributed by atoms with Gasteiger partial charge in [0.2, 0.25) is 0 Å². The zero-order valence-corrected chi connectivity index (χ0v) is 12.4. The Morgan fingerprint density at radius 3 is 2.60 bits per heavy atom. The van der Waals surface area contributed by atoms with Gasteiger partial charge in [0, 0.05) is 28.3 Å². The van der Waals surface area contributed by atoms with Crippen LogP contribution >= 0.6 is 15.9 Å². The van der Waals surface area contributed by atoms with E-state index in [-0.39, 0.29) is 12.1 Å². The Morgan fingerprint density at radius 1 is 1.20 bits per heavy atom. The number of benzene rings is 2. The summed E-state index contributed by atoms with van der Waals surface area (Å²) in [5, 5.41) is 13.0. The van der Waals surface area contributed by atoms with Gasteiger partial charge in [0.05, 0.1) is 6.10 Å². The van der Waals surface area contributed by atoms with Gasteiger partial charge in [-0.2, -0.15) is 0 Å². The fraction of sp³-hybridized carbons (Fsp3) is 0.200. The maximum Gasteiger partial charge on any atom is 0.131 e. The zero-order valence-electron chi connectivity index (χ0n) is 10.8. The van der Waals surface area contributed by atoms with E-state index < -0.39 is 17.7 Å². The van der Waals surface area contributed by atoms with Crippen LogP contribution in [-0.4, -0.2) is 11.7 Å². The molecule has 0 spiro atoms. The lowest BCUT2D eigenvalue weighted by molar-refractivity contribution is 0.186. The number of hydrogen-bond acceptors (Lipinski definition) is 2. The standard InChI is InChI=1S/C15H14BrF2NO/c1-9-2-5-14(12(16)6-9)19-8-15(20)11-4-3-10(17)7-13(11)18/h2-7,15,19-20H,8H2,1H3. The molecule has 0 amide bonds. The summed E-state index contributed by atoms with van der Waals surface area (Å²) < 4.78 is 27.2. The second kappa shape index (κ2) is 6.33. The summed E-state index contributed by atoms with van der Waals surface area (Å²) in [6, 6.07) is 8.88. The van der Waals surface area contributed by atoms with E-state index in [1.165, 1.54) is 6.07 Å². The van der Waals surface area contributed by atoms with E-state index in [1.54, 1.807) is 0 Å². The number of nitrogens with one attached hydrogen (secondary N) is 1. The summed E-state index contributed by atoms with van der Waals surface area (Å²) >= 11 is 3.41. The van der Waals surface area contributed by atoms with Crippen molar-refractivity contribution >= 4 is 21.6 Å². The molecule has 2 aromatic rings. The Kier molecular flexibility index (Phi) is 4.73. The van der Waals surface area contributed by atoms with Gasteiger partial charge in [-0.25, -0.2) is 8.78 Å². The molecule has 0 saturated heterocycles. The lowest BCUT2D eigenvalue weighted by Gasteiger charge is -2.15. The summed E-state index contributed by atoms with van der Waals surface area (Å²) in [5.74, 6) is -1.41. The first-order valence-electron chi connectivity index (χ1n) is 6.10. The van der Waals surface area contributed by atoms with Crippen LogP contribution in [0.1, 0.15) is 17.2 Å². The number of halogens is 3. The van der Waals surface area contributed by atoms with Crippen LogP contribution in [0, 0.1) is 18.6 Å². The molecule has 2 nitrogen and oxygen atoms in total. The highest BCUT2D eigenvalue weighted by molar-refractivity contribution is 9.10. The van der Waals surface area contributed by atoms with Gasteiger partial charge >= 0.3 is 0 Å². The molecule has 0 bridgehead atoms. The number of aliphatic hydroxyl groups is 1. The molecular formula is C15H14BrF2NO. The van der Waals surface area contributed by atoms with E-state index in [4.69, 9.17) is 0 Å². The summed E-state index contributed by atoms with van der Waals surface area (Å²) in [4.78, 5) is 0. The normalized spacial score (nSPS) is 12.2. The van der Waals surface area contributed by atoms with Crippen LogP contribution in [0.4, 0.5) is 14.5 Å². The molecule has 0 aliphatic heterocycles. The summed E-state index contributed by atoms with van der Waals surface area (Å²) in [6.07, 6.45) is -1.05. The number of anilines is 1. The van der Waals surface area contributed by atoms with Crippen LogP contribution in [0.25, 0.3) is 0 Å². The first-order valence-corrected chi connectivity index (χ1v) is 6.89. The van der Waals surface area contributed by atoms with Crippen LogP contribution in [-0.2, 0) is 0 Å². The molecule has 0 fully saturated rings. The Balaban J connectivity index is 2.06. The first-order chi connectivity index (χ1) is 9.47. The maximum atomic E-state index is 13.5. The van der Waals surface area contributed by atoms with Crippen molar-refractivity contribution in [3.8, 4) is 0 Å². The maximum absolute atomic E-state index is 13.5. The topological polar surface area (TPSA) is 32.3 Å². The van der Waals surface area contributed by atoms with Crippen molar-refractivity contribution in [1.82, 2.24) is 0 Å². The molecule has 20 heavy (non-hydrogen) atoms. The van der Waals surface area contributed by atoms with Crippen LogP contribution < -0.4 is 5.32 Å². The van der Waals surface area contributed by atoms with Gasteiger partial charge in [-0.1, -0.05) is 12.1 Å². The van der Waals surface area contributed by atoms with Crippen molar-refractivity contribution in [1.29, 1.82) is 0 Å². The van der Waals surface area contributed by atoms with Crippen molar-refractivity contribution in [2.75, 3.05) is 11.9 Å². The molecule has 2 N–H and O–H groups in total. The molecule has 5 heteroatoms. The van der Waals surface area contributed by atoms with Gasteiger partial charge in [0.15, 0.2) is 0 Å². The van der Waals surface area contributed by atoms with Gasteiger partial charge < -0.3 is 10.4 Å². The molecule has 0 heterocycles. The predicted molar refractivity (Wildman–Crippen MR) is 78.7 cm³/mol. The Morgan fingerprint density at radius 2 is 1.95 bits per heavy atom. The molecule has 106 valence electrons. The number of aliphatic hydroxyl groups excluding tert-OH is 1. The van der Waals surface area contributed by atoms with Gasteiger partial charge in [0.1, 0.15) is 11.6 Å². The average Bonchev–Trinajstić information content (AvgIpc) is 2.37. The average molecular weight is 342 g/mol. The number of hydrogen-bond donors (Lipinski definition) is 2. The lowest BCUT2D eigenvalue weighted by Crippen LogP contribution is -2.14. The molecule has 1 unspecified atom stereocenters. The molecule has 2 aromatic carbocycles. The monoisotopic (exact) mass is 341 g/mol. The second-order valence-electron chi connectivity index (χ2n) is 4.55. The van der Waals surface area contributed by atoms with Crippen LogP contribution in [0.15, 0.2) is 40.9 Å². The van der Waals surface area contributed by atoms with Crippen molar-refractivity contribution in [3.05, 3.63) is 63.6 Å². The summed E-state index contributed by atoms with van der Waals surface area (Å²) in [5.41, 5.74) is 1.98. The number of rotatable bonds is 4. The molecule has 1 atom stereocenters. The highest BCUT2D eigenvalue weighted by Crippen LogP contribution is 2.25. The Bertz CT molecular complexity index is 619. The minimum absolute atomic E-state index is 0.0714. The molecule has 0 aliphatic carbocycles. The van der Waals surface area contributed by atoms with E-state index >= 15 is 0 Å². The summed E-state index contributed by atoms with van der Waals surface area (Å²) in [7, 11) is 0. The van der Waals surface area contributed by atoms with Gasteiger partial charge in [0.25, 0.3) is 0 Å². The summed E-state index contributed by atoms with van der Waals surface area (Å²) in [6.45, 7) is 2.10. The van der Waals surface area contributed by atoms with E-state index in [1.807, 2.05) is 25.1 Å². The van der Waals surface area contributed by atoms with Crippen molar-refractivity contribution in [2.24, 2.45) is 0 Å². The molecule has 0 aromatic heterocycles. The van der Waals surface area contributed by atoms with E-state index in [0.29, 0.717) is 0 Å². The van der Waals surface area contributed by atoms with E-state index in [2.05, 4.69) is 21.2 Å². The van der Waals surface area contributed by atoms with Gasteiger partial charge in [-0.15, -0.1) is 0 Å². The van der Waals surface area contributed by atoms with Crippen LogP contribution in [0.5, 0.6) is 0 Å². The molecule has 2 rings (SSSR count). The molecule has 0 aliphatic rings. The fourth-order valence-electron chi connectivity index (χ4n) is 1.85. The highest BCUT2D eigenvalue weighted by atomic mass is 79.9. The third-order valence-electron chi connectivity index (χ3n) is 2.93. The number of aryl methyl sites for hydroxylation is 1. The van der Waals surface area contributed by atoms with Crippen molar-refractivity contribution < 1.29 is 13.9 Å². The quantitative estimate of drug-likeness (QED) is 0.874. The predicted octanol–water partition coefficient (Wildman–Crippen LogP) is 4.18. The molecule has 0 saturated carbocycles. The largest absolute Gasteiger partial charge is 0.386 e. The third-order valence-corrected chi connectivity index (χ3v) is 3.59. The second-order valence-corrected chi connectivity index (χ2v) is 5.40. The third kappa shape index (κ3) is 3.55. The fourth-order valence-corrected chi connectivity index (χ4v) is 2.49. The SMILES string of the molecule is Cc1ccc(NCC(O)c2ccc(F)cc2F)c(Br)c1. The van der Waals surface area contributed by atoms with Gasteiger partial charge in [-0.3, -0.25) is 0 Å².